The highest BCUT2D eigenvalue weighted by atomic mass is 35.5. The summed E-state index contributed by atoms with van der Waals surface area (Å²) in [4.78, 5) is 19.9. The molecular formula is C17H11ClN4O. The van der Waals surface area contributed by atoms with Gasteiger partial charge in [0.2, 0.25) is 5.82 Å². The molecule has 0 radical (unpaired) electrons. The third-order valence-corrected chi connectivity index (χ3v) is 3.90. The normalized spacial score (nSPS) is 12.8. The number of hydrogen-bond acceptors (Lipinski definition) is 4. The first-order valence-electron chi connectivity index (χ1n) is 7.07. The third-order valence-electron chi connectivity index (χ3n) is 3.66. The van der Waals surface area contributed by atoms with Crippen LogP contribution in [-0.2, 0) is 6.54 Å². The lowest BCUT2D eigenvalue weighted by molar-refractivity contribution is 0.111. The Morgan fingerprint density at radius 3 is 2.74 bits per heavy atom. The SMILES string of the molecule is O=Cc1nc2n(n1)-c1ccc(Cl)cc1C(c1ccccc1)=NC2. The number of carbonyl (C=O) groups is 1. The van der Waals surface area contributed by atoms with Crippen LogP contribution >= 0.6 is 11.6 Å². The van der Waals surface area contributed by atoms with Crippen LogP contribution in [0.4, 0.5) is 0 Å². The van der Waals surface area contributed by atoms with Crippen molar-refractivity contribution in [2.24, 2.45) is 4.99 Å². The maximum atomic E-state index is 11.0. The maximum absolute atomic E-state index is 11.0. The lowest BCUT2D eigenvalue weighted by Gasteiger charge is -2.11. The number of aliphatic imine (C=N–C) groups is 1. The van der Waals surface area contributed by atoms with E-state index in [1.165, 1.54) is 0 Å². The van der Waals surface area contributed by atoms with E-state index in [0.29, 0.717) is 23.7 Å². The monoisotopic (exact) mass is 322 g/mol. The van der Waals surface area contributed by atoms with Gasteiger partial charge >= 0.3 is 0 Å². The summed E-state index contributed by atoms with van der Waals surface area (Å²) in [6.45, 7) is 0.345. The topological polar surface area (TPSA) is 60.1 Å². The third kappa shape index (κ3) is 2.35. The number of halogens is 1. The largest absolute Gasteiger partial charge is 0.294 e. The smallest absolute Gasteiger partial charge is 0.214 e. The van der Waals surface area contributed by atoms with E-state index in [4.69, 9.17) is 11.6 Å². The molecule has 0 saturated carbocycles. The standard InChI is InChI=1S/C17H11ClN4O/c18-12-6-7-14-13(8-12)17(11-4-2-1-3-5-11)19-9-16-20-15(10-23)21-22(14)16/h1-8,10H,9H2. The van der Waals surface area contributed by atoms with Gasteiger partial charge in [-0.3, -0.25) is 9.79 Å². The number of hydrogen-bond donors (Lipinski definition) is 0. The van der Waals surface area contributed by atoms with Gasteiger partial charge in [-0.1, -0.05) is 41.9 Å². The van der Waals surface area contributed by atoms with Crippen LogP contribution in [0.15, 0.2) is 53.5 Å². The Morgan fingerprint density at radius 2 is 1.96 bits per heavy atom. The first-order chi connectivity index (χ1) is 11.3. The second-order valence-corrected chi connectivity index (χ2v) is 5.54. The summed E-state index contributed by atoms with van der Waals surface area (Å²) in [6, 6.07) is 15.4. The van der Waals surface area contributed by atoms with Gasteiger partial charge in [-0.2, -0.15) is 0 Å². The summed E-state index contributed by atoms with van der Waals surface area (Å²) in [5, 5.41) is 4.87. The second-order valence-electron chi connectivity index (χ2n) is 5.11. The van der Waals surface area contributed by atoms with E-state index in [0.717, 1.165) is 22.5 Å². The molecule has 112 valence electrons. The summed E-state index contributed by atoms with van der Waals surface area (Å²) in [6.07, 6.45) is 0.638. The molecule has 0 aliphatic carbocycles. The van der Waals surface area contributed by atoms with Crippen LogP contribution in [0, 0.1) is 0 Å². The molecule has 1 aliphatic heterocycles. The number of aromatic nitrogens is 3. The zero-order valence-electron chi connectivity index (χ0n) is 12.0. The minimum Gasteiger partial charge on any atom is -0.294 e. The highest BCUT2D eigenvalue weighted by Gasteiger charge is 2.21. The molecule has 4 rings (SSSR count). The van der Waals surface area contributed by atoms with Gasteiger partial charge in [0.1, 0.15) is 0 Å². The molecule has 0 spiro atoms. The molecule has 1 aliphatic rings. The molecule has 1 aromatic heterocycles. The molecule has 3 aromatic rings. The van der Waals surface area contributed by atoms with Crippen LogP contribution in [0.5, 0.6) is 0 Å². The summed E-state index contributed by atoms with van der Waals surface area (Å²) in [7, 11) is 0. The molecule has 0 atom stereocenters. The fraction of sp³-hybridized carbons (Fsp3) is 0.0588. The quantitative estimate of drug-likeness (QED) is 0.681. The molecule has 23 heavy (non-hydrogen) atoms. The van der Waals surface area contributed by atoms with Crippen LogP contribution in [0.25, 0.3) is 5.69 Å². The first-order valence-corrected chi connectivity index (χ1v) is 7.45. The van der Waals surface area contributed by atoms with Crippen LogP contribution in [0.2, 0.25) is 5.02 Å². The molecule has 5 nitrogen and oxygen atoms in total. The van der Waals surface area contributed by atoms with E-state index in [9.17, 15) is 4.79 Å². The molecule has 0 saturated heterocycles. The van der Waals surface area contributed by atoms with Crippen molar-refractivity contribution in [3.05, 3.63) is 76.3 Å². The zero-order chi connectivity index (χ0) is 15.8. The van der Waals surface area contributed by atoms with E-state index in [1.54, 1.807) is 10.7 Å². The first kappa shape index (κ1) is 13.8. The van der Waals surface area contributed by atoms with Crippen molar-refractivity contribution in [3.63, 3.8) is 0 Å². The minimum absolute atomic E-state index is 0.152. The Kier molecular flexibility index (Phi) is 3.28. The van der Waals surface area contributed by atoms with E-state index in [-0.39, 0.29) is 5.82 Å². The van der Waals surface area contributed by atoms with E-state index < -0.39 is 0 Å². The summed E-state index contributed by atoms with van der Waals surface area (Å²) >= 11 is 6.19. The Hall–Kier alpha value is -2.79. The minimum atomic E-state index is 0.152. The highest BCUT2D eigenvalue weighted by molar-refractivity contribution is 6.31. The average molecular weight is 323 g/mol. The Labute approximate surface area is 137 Å². The van der Waals surface area contributed by atoms with E-state index in [1.807, 2.05) is 42.5 Å². The zero-order valence-corrected chi connectivity index (χ0v) is 12.7. The van der Waals surface area contributed by atoms with Crippen molar-refractivity contribution in [2.75, 3.05) is 0 Å². The van der Waals surface area contributed by atoms with Crippen molar-refractivity contribution in [3.8, 4) is 5.69 Å². The predicted octanol–water partition coefficient (Wildman–Crippen LogP) is 3.08. The summed E-state index contributed by atoms with van der Waals surface area (Å²) in [5.41, 5.74) is 3.51. The Morgan fingerprint density at radius 1 is 1.13 bits per heavy atom. The van der Waals surface area contributed by atoms with Gasteiger partial charge in [0.25, 0.3) is 0 Å². The van der Waals surface area contributed by atoms with Crippen LogP contribution in [-0.4, -0.2) is 26.8 Å². The number of fused-ring (bicyclic) bond motifs is 3. The van der Waals surface area contributed by atoms with Gasteiger partial charge in [0.05, 0.1) is 17.9 Å². The van der Waals surface area contributed by atoms with Gasteiger partial charge < -0.3 is 0 Å². The van der Waals surface area contributed by atoms with Gasteiger partial charge in [-0.05, 0) is 18.2 Å². The molecule has 2 aromatic carbocycles. The number of benzene rings is 2. The lowest BCUT2D eigenvalue weighted by Crippen LogP contribution is -2.08. The van der Waals surface area contributed by atoms with Crippen molar-refractivity contribution < 1.29 is 4.79 Å². The van der Waals surface area contributed by atoms with Crippen LogP contribution < -0.4 is 0 Å². The van der Waals surface area contributed by atoms with Crippen molar-refractivity contribution in [1.29, 1.82) is 0 Å². The highest BCUT2D eigenvalue weighted by Crippen LogP contribution is 2.26. The second kappa shape index (κ2) is 5.44. The van der Waals surface area contributed by atoms with Crippen molar-refractivity contribution in [2.45, 2.75) is 6.54 Å². The number of aldehydes is 1. The number of carbonyl (C=O) groups excluding carboxylic acids is 1. The van der Waals surface area contributed by atoms with Crippen molar-refractivity contribution in [1.82, 2.24) is 14.8 Å². The van der Waals surface area contributed by atoms with Crippen molar-refractivity contribution >= 4 is 23.6 Å². The lowest BCUT2D eigenvalue weighted by atomic mass is 10.0. The fourth-order valence-corrected chi connectivity index (χ4v) is 2.84. The molecular weight excluding hydrogens is 312 g/mol. The van der Waals surface area contributed by atoms with Gasteiger partial charge in [-0.15, -0.1) is 5.10 Å². The van der Waals surface area contributed by atoms with E-state index in [2.05, 4.69) is 15.1 Å². The molecule has 0 unspecified atom stereocenters. The summed E-state index contributed by atoms with van der Waals surface area (Å²) < 4.78 is 1.66. The van der Waals surface area contributed by atoms with E-state index >= 15 is 0 Å². The Bertz CT molecular complexity index is 931. The fourth-order valence-electron chi connectivity index (χ4n) is 2.67. The molecule has 0 amide bonds. The van der Waals surface area contributed by atoms with Gasteiger partial charge in [0, 0.05) is 16.1 Å². The molecule has 0 bridgehead atoms. The molecule has 6 heteroatoms. The molecule has 0 fully saturated rings. The summed E-state index contributed by atoms with van der Waals surface area (Å²) in [5.74, 6) is 0.779. The maximum Gasteiger partial charge on any atom is 0.214 e. The number of rotatable bonds is 2. The average Bonchev–Trinajstić information content (AvgIpc) is 2.93. The van der Waals surface area contributed by atoms with Gasteiger partial charge in [-0.25, -0.2) is 9.67 Å². The van der Waals surface area contributed by atoms with Gasteiger partial charge in [0.15, 0.2) is 12.1 Å². The molecule has 0 N–H and O–H groups in total. The molecule has 2 heterocycles. The van der Waals surface area contributed by atoms with Crippen LogP contribution in [0.3, 0.4) is 0 Å². The number of nitrogens with zero attached hydrogens (tertiary/aromatic N) is 4. The Balaban J connectivity index is 1.98. The predicted molar refractivity (Wildman–Crippen MR) is 87.5 cm³/mol. The van der Waals surface area contributed by atoms with Crippen LogP contribution in [0.1, 0.15) is 27.6 Å².